The minimum Gasteiger partial charge on any atom is -0.486 e. The van der Waals surface area contributed by atoms with Crippen molar-refractivity contribution in [2.24, 2.45) is 0 Å². The summed E-state index contributed by atoms with van der Waals surface area (Å²) in [5.74, 6) is -0.249. The molecule has 0 saturated heterocycles. The van der Waals surface area contributed by atoms with Crippen LogP contribution in [0.3, 0.4) is 0 Å². The van der Waals surface area contributed by atoms with E-state index in [2.05, 4.69) is 5.32 Å². The molecule has 2 atom stereocenters. The van der Waals surface area contributed by atoms with E-state index in [4.69, 9.17) is 32.7 Å². The standard InChI is InChI=1S/C26H33Cl2N3O6S/c1-5-17(3)29-26(33)18(4)30(15-19-7-9-21(27)22(28)13-19)25(32)16-31(38(34,35)6-2)20-8-10-23-24(14-20)37-12-11-36-23/h7-10,13-14,17-18H,5-6,11-12,15-16H2,1-4H3,(H,29,33)/t17-,18-/m0/s1. The van der Waals surface area contributed by atoms with Crippen LogP contribution in [0.1, 0.15) is 39.7 Å². The van der Waals surface area contributed by atoms with Crippen LogP contribution in [-0.2, 0) is 26.2 Å². The maximum Gasteiger partial charge on any atom is 0.244 e. The second-order valence-corrected chi connectivity index (χ2v) is 12.0. The molecule has 2 aromatic carbocycles. The molecule has 0 bridgehead atoms. The number of ether oxygens (including phenoxy) is 2. The highest BCUT2D eigenvalue weighted by Gasteiger charge is 2.32. The van der Waals surface area contributed by atoms with Gasteiger partial charge in [-0.3, -0.25) is 13.9 Å². The number of nitrogens with zero attached hydrogens (tertiary/aromatic N) is 2. The van der Waals surface area contributed by atoms with Gasteiger partial charge in [0, 0.05) is 18.7 Å². The van der Waals surface area contributed by atoms with E-state index in [1.54, 1.807) is 37.3 Å². The average molecular weight is 587 g/mol. The number of sulfonamides is 1. The molecule has 38 heavy (non-hydrogen) atoms. The van der Waals surface area contributed by atoms with Crippen LogP contribution in [0.5, 0.6) is 11.5 Å². The van der Waals surface area contributed by atoms with Crippen molar-refractivity contribution in [3.8, 4) is 11.5 Å². The summed E-state index contributed by atoms with van der Waals surface area (Å²) in [5.41, 5.74) is 0.899. The molecule has 0 fully saturated rings. The predicted octanol–water partition coefficient (Wildman–Crippen LogP) is 4.25. The first-order chi connectivity index (χ1) is 18.0. The van der Waals surface area contributed by atoms with Gasteiger partial charge in [0.25, 0.3) is 0 Å². The topological polar surface area (TPSA) is 105 Å². The molecule has 12 heteroatoms. The molecule has 3 rings (SSSR count). The van der Waals surface area contributed by atoms with Gasteiger partial charge < -0.3 is 19.7 Å². The van der Waals surface area contributed by atoms with Crippen LogP contribution in [0.2, 0.25) is 10.0 Å². The Hall–Kier alpha value is -2.69. The molecule has 9 nitrogen and oxygen atoms in total. The van der Waals surface area contributed by atoms with Crippen molar-refractivity contribution in [1.29, 1.82) is 0 Å². The first kappa shape index (κ1) is 29.9. The number of halogens is 2. The molecular formula is C26H33Cl2N3O6S. The van der Waals surface area contributed by atoms with Gasteiger partial charge in [-0.1, -0.05) is 36.2 Å². The van der Waals surface area contributed by atoms with Crippen LogP contribution in [0.4, 0.5) is 5.69 Å². The molecule has 1 aliphatic heterocycles. The number of anilines is 1. The number of rotatable bonds is 11. The fraction of sp³-hybridized carbons (Fsp3) is 0.462. The normalized spacial score (nSPS) is 14.4. The van der Waals surface area contributed by atoms with E-state index in [0.29, 0.717) is 46.7 Å². The van der Waals surface area contributed by atoms with Gasteiger partial charge in [0.1, 0.15) is 25.8 Å². The highest BCUT2D eigenvalue weighted by atomic mass is 35.5. The third-order valence-corrected chi connectivity index (χ3v) is 8.78. The summed E-state index contributed by atoms with van der Waals surface area (Å²) in [6, 6.07) is 8.66. The maximum absolute atomic E-state index is 13.8. The number of hydrogen-bond acceptors (Lipinski definition) is 6. The molecule has 0 aliphatic carbocycles. The Balaban J connectivity index is 1.96. The lowest BCUT2D eigenvalue weighted by atomic mass is 10.1. The SMILES string of the molecule is CC[C@H](C)NC(=O)[C@H](C)N(Cc1ccc(Cl)c(Cl)c1)C(=O)CN(c1ccc2c(c1)OCCO2)S(=O)(=O)CC. The Kier molecular flexibility index (Phi) is 10.1. The summed E-state index contributed by atoms with van der Waals surface area (Å²) in [6.45, 7) is 7.14. The Morgan fingerprint density at radius 1 is 1.00 bits per heavy atom. The minimum absolute atomic E-state index is 0.0198. The minimum atomic E-state index is -3.87. The number of carbonyl (C=O) groups excluding carboxylic acids is 2. The predicted molar refractivity (Wildman–Crippen MR) is 149 cm³/mol. The van der Waals surface area contributed by atoms with E-state index in [1.807, 2.05) is 13.8 Å². The lowest BCUT2D eigenvalue weighted by Gasteiger charge is -2.32. The summed E-state index contributed by atoms with van der Waals surface area (Å²) in [7, 11) is -3.87. The Morgan fingerprint density at radius 3 is 2.32 bits per heavy atom. The lowest BCUT2D eigenvalue weighted by Crippen LogP contribution is -2.52. The fourth-order valence-electron chi connectivity index (χ4n) is 3.79. The zero-order valence-corrected chi connectivity index (χ0v) is 24.2. The molecule has 0 saturated carbocycles. The van der Waals surface area contributed by atoms with Crippen LogP contribution in [-0.4, -0.2) is 62.7 Å². The maximum atomic E-state index is 13.8. The molecule has 1 N–H and O–H groups in total. The van der Waals surface area contributed by atoms with Gasteiger partial charge in [0.15, 0.2) is 11.5 Å². The highest BCUT2D eigenvalue weighted by molar-refractivity contribution is 7.92. The van der Waals surface area contributed by atoms with Crippen molar-refractivity contribution in [1.82, 2.24) is 10.2 Å². The highest BCUT2D eigenvalue weighted by Crippen LogP contribution is 2.35. The van der Waals surface area contributed by atoms with Crippen molar-refractivity contribution in [3.05, 3.63) is 52.0 Å². The van der Waals surface area contributed by atoms with Crippen molar-refractivity contribution < 1.29 is 27.5 Å². The fourth-order valence-corrected chi connectivity index (χ4v) is 5.16. The number of amides is 2. The molecule has 1 heterocycles. The van der Waals surface area contributed by atoms with Crippen LogP contribution in [0.25, 0.3) is 0 Å². The molecule has 1 aliphatic rings. The third-order valence-electron chi connectivity index (χ3n) is 6.30. The van der Waals surface area contributed by atoms with Crippen LogP contribution in [0.15, 0.2) is 36.4 Å². The summed E-state index contributed by atoms with van der Waals surface area (Å²) in [5, 5.41) is 3.55. The van der Waals surface area contributed by atoms with E-state index in [-0.39, 0.29) is 29.9 Å². The second-order valence-electron chi connectivity index (χ2n) is 9.00. The van der Waals surface area contributed by atoms with E-state index < -0.39 is 28.5 Å². The van der Waals surface area contributed by atoms with Crippen LogP contribution >= 0.6 is 23.2 Å². The Bertz CT molecular complexity index is 1270. The number of nitrogens with one attached hydrogen (secondary N) is 1. The number of fused-ring (bicyclic) bond motifs is 1. The van der Waals surface area contributed by atoms with E-state index >= 15 is 0 Å². The monoisotopic (exact) mass is 585 g/mol. The van der Waals surface area contributed by atoms with Crippen LogP contribution < -0.4 is 19.1 Å². The quantitative estimate of drug-likeness (QED) is 0.422. The summed E-state index contributed by atoms with van der Waals surface area (Å²) in [6.07, 6.45) is 0.714. The Morgan fingerprint density at radius 2 is 1.68 bits per heavy atom. The second kappa shape index (κ2) is 12.9. The van der Waals surface area contributed by atoms with Crippen molar-refractivity contribution in [2.45, 2.75) is 52.7 Å². The van der Waals surface area contributed by atoms with Gasteiger partial charge in [-0.2, -0.15) is 0 Å². The van der Waals surface area contributed by atoms with Crippen LogP contribution in [0, 0.1) is 0 Å². The van der Waals surface area contributed by atoms with Crippen molar-refractivity contribution in [2.75, 3.05) is 29.8 Å². The van der Waals surface area contributed by atoms with Gasteiger partial charge in [0.05, 0.1) is 21.5 Å². The average Bonchev–Trinajstić information content (AvgIpc) is 2.91. The van der Waals surface area contributed by atoms with Crippen molar-refractivity contribution in [3.63, 3.8) is 0 Å². The van der Waals surface area contributed by atoms with E-state index in [1.165, 1.54) is 17.9 Å². The summed E-state index contributed by atoms with van der Waals surface area (Å²) >= 11 is 12.2. The first-order valence-corrected chi connectivity index (χ1v) is 14.8. The lowest BCUT2D eigenvalue weighted by molar-refractivity contribution is -0.139. The van der Waals surface area contributed by atoms with Crippen molar-refractivity contribution >= 4 is 50.7 Å². The molecule has 2 aromatic rings. The molecular weight excluding hydrogens is 553 g/mol. The zero-order chi connectivity index (χ0) is 28.0. The van der Waals surface area contributed by atoms with Gasteiger partial charge in [0.2, 0.25) is 21.8 Å². The van der Waals surface area contributed by atoms with E-state index in [0.717, 1.165) is 4.31 Å². The summed E-state index contributed by atoms with van der Waals surface area (Å²) < 4.78 is 38.4. The Labute approximate surface area is 234 Å². The number of hydrogen-bond donors (Lipinski definition) is 1. The van der Waals surface area contributed by atoms with Gasteiger partial charge >= 0.3 is 0 Å². The molecule has 0 aromatic heterocycles. The summed E-state index contributed by atoms with van der Waals surface area (Å²) in [4.78, 5) is 28.1. The molecule has 2 amide bonds. The molecule has 208 valence electrons. The largest absolute Gasteiger partial charge is 0.486 e. The third kappa shape index (κ3) is 7.24. The van der Waals surface area contributed by atoms with Gasteiger partial charge in [-0.15, -0.1) is 0 Å². The molecule has 0 radical (unpaired) electrons. The van der Waals surface area contributed by atoms with Gasteiger partial charge in [-0.25, -0.2) is 8.42 Å². The smallest absolute Gasteiger partial charge is 0.244 e. The zero-order valence-electron chi connectivity index (χ0n) is 21.9. The number of carbonyl (C=O) groups is 2. The molecule has 0 unspecified atom stereocenters. The van der Waals surface area contributed by atoms with Gasteiger partial charge in [-0.05, 0) is 57.0 Å². The first-order valence-electron chi connectivity index (χ1n) is 12.4. The number of benzene rings is 2. The molecule has 0 spiro atoms. The van der Waals surface area contributed by atoms with E-state index in [9.17, 15) is 18.0 Å².